The van der Waals surface area contributed by atoms with E-state index >= 15 is 0 Å². The van der Waals surface area contributed by atoms with Gasteiger partial charge in [-0.2, -0.15) is 13.2 Å². The van der Waals surface area contributed by atoms with Crippen molar-refractivity contribution in [2.24, 2.45) is 0 Å². The summed E-state index contributed by atoms with van der Waals surface area (Å²) in [5, 5.41) is 2.68. The van der Waals surface area contributed by atoms with Crippen molar-refractivity contribution in [1.29, 1.82) is 0 Å². The Morgan fingerprint density at radius 1 is 1.38 bits per heavy atom. The first-order chi connectivity index (χ1) is 9.85. The molecule has 0 aliphatic rings. The summed E-state index contributed by atoms with van der Waals surface area (Å²) in [7, 11) is 0. The molecule has 118 valence electrons. The van der Waals surface area contributed by atoms with E-state index in [-0.39, 0.29) is 18.5 Å². The Labute approximate surface area is 121 Å². The fourth-order valence-corrected chi connectivity index (χ4v) is 1.60. The highest BCUT2D eigenvalue weighted by molar-refractivity contribution is 5.74. The molecule has 1 N–H and O–H groups in total. The van der Waals surface area contributed by atoms with Crippen molar-refractivity contribution in [1.82, 2.24) is 15.2 Å². The van der Waals surface area contributed by atoms with E-state index in [0.717, 1.165) is 0 Å². The summed E-state index contributed by atoms with van der Waals surface area (Å²) >= 11 is 0. The number of rotatable bonds is 6. The summed E-state index contributed by atoms with van der Waals surface area (Å²) in [6.45, 7) is 3.68. The van der Waals surface area contributed by atoms with E-state index < -0.39 is 12.8 Å². The van der Waals surface area contributed by atoms with Crippen LogP contribution in [0.5, 0.6) is 5.88 Å². The molecule has 0 saturated carbocycles. The number of nitrogens with zero attached hydrogens (tertiary/aromatic N) is 2. The zero-order valence-electron chi connectivity index (χ0n) is 11.9. The molecular formula is C13H18F3N3O2. The normalized spacial score (nSPS) is 11.1. The van der Waals surface area contributed by atoms with Crippen molar-refractivity contribution < 1.29 is 22.7 Å². The SMILES string of the molecule is CCN(CC)C(=O)NCc1ccnc(OCC(F)(F)F)c1. The number of aromatic nitrogens is 1. The van der Waals surface area contributed by atoms with Crippen LogP contribution in [0.1, 0.15) is 19.4 Å². The van der Waals surface area contributed by atoms with Gasteiger partial charge in [-0.25, -0.2) is 9.78 Å². The summed E-state index contributed by atoms with van der Waals surface area (Å²) in [5.41, 5.74) is 0.614. The van der Waals surface area contributed by atoms with Gasteiger partial charge in [0.1, 0.15) is 0 Å². The van der Waals surface area contributed by atoms with Gasteiger partial charge in [-0.3, -0.25) is 0 Å². The molecule has 0 spiro atoms. The van der Waals surface area contributed by atoms with Crippen LogP contribution in [0.3, 0.4) is 0 Å². The van der Waals surface area contributed by atoms with Crippen LogP contribution in [-0.2, 0) is 6.54 Å². The lowest BCUT2D eigenvalue weighted by atomic mass is 10.2. The molecule has 1 aromatic rings. The number of carbonyl (C=O) groups is 1. The van der Waals surface area contributed by atoms with Crippen molar-refractivity contribution in [2.45, 2.75) is 26.6 Å². The van der Waals surface area contributed by atoms with Gasteiger partial charge in [0.15, 0.2) is 6.61 Å². The predicted molar refractivity (Wildman–Crippen MR) is 70.9 cm³/mol. The number of halogens is 3. The highest BCUT2D eigenvalue weighted by atomic mass is 19.4. The Morgan fingerprint density at radius 3 is 2.62 bits per heavy atom. The zero-order chi connectivity index (χ0) is 15.9. The van der Waals surface area contributed by atoms with Gasteiger partial charge in [0, 0.05) is 31.9 Å². The number of alkyl halides is 3. The van der Waals surface area contributed by atoms with Gasteiger partial charge in [-0.1, -0.05) is 0 Å². The molecule has 0 bridgehead atoms. The number of nitrogens with one attached hydrogen (secondary N) is 1. The maximum Gasteiger partial charge on any atom is 0.422 e. The number of urea groups is 1. The van der Waals surface area contributed by atoms with E-state index in [1.165, 1.54) is 12.3 Å². The maximum absolute atomic E-state index is 12.0. The van der Waals surface area contributed by atoms with Gasteiger partial charge in [0.2, 0.25) is 5.88 Å². The summed E-state index contributed by atoms with van der Waals surface area (Å²) in [6, 6.07) is 2.74. The predicted octanol–water partition coefficient (Wildman–Crippen LogP) is 2.57. The van der Waals surface area contributed by atoms with Crippen LogP contribution >= 0.6 is 0 Å². The van der Waals surface area contributed by atoms with Gasteiger partial charge >= 0.3 is 12.2 Å². The molecular weight excluding hydrogens is 287 g/mol. The fraction of sp³-hybridized carbons (Fsp3) is 0.538. The first kappa shape index (κ1) is 17.1. The topological polar surface area (TPSA) is 54.5 Å². The fourth-order valence-electron chi connectivity index (χ4n) is 1.60. The summed E-state index contributed by atoms with van der Waals surface area (Å²) in [6.07, 6.45) is -3.07. The number of hydrogen-bond donors (Lipinski definition) is 1. The zero-order valence-corrected chi connectivity index (χ0v) is 11.9. The van der Waals surface area contributed by atoms with Crippen LogP contribution in [0.4, 0.5) is 18.0 Å². The number of amides is 2. The molecule has 5 nitrogen and oxygen atoms in total. The molecule has 0 aliphatic carbocycles. The van der Waals surface area contributed by atoms with Crippen LogP contribution in [0, 0.1) is 0 Å². The van der Waals surface area contributed by atoms with Crippen LogP contribution in [-0.4, -0.2) is 41.8 Å². The second-order valence-corrected chi connectivity index (χ2v) is 4.24. The molecule has 0 radical (unpaired) electrons. The number of carbonyl (C=O) groups excluding carboxylic acids is 1. The van der Waals surface area contributed by atoms with E-state index in [9.17, 15) is 18.0 Å². The summed E-state index contributed by atoms with van der Waals surface area (Å²) in [5.74, 6) is -0.123. The Balaban J connectivity index is 2.55. The van der Waals surface area contributed by atoms with E-state index in [0.29, 0.717) is 18.7 Å². The third kappa shape index (κ3) is 6.33. The highest BCUT2D eigenvalue weighted by Crippen LogP contribution is 2.17. The second-order valence-electron chi connectivity index (χ2n) is 4.24. The highest BCUT2D eigenvalue weighted by Gasteiger charge is 2.28. The monoisotopic (exact) mass is 305 g/mol. The summed E-state index contributed by atoms with van der Waals surface area (Å²) in [4.78, 5) is 17.0. The van der Waals surface area contributed by atoms with Crippen LogP contribution in [0.15, 0.2) is 18.3 Å². The second kappa shape index (κ2) is 7.70. The largest absolute Gasteiger partial charge is 0.468 e. The molecule has 0 aliphatic heterocycles. The van der Waals surface area contributed by atoms with E-state index in [1.807, 2.05) is 13.8 Å². The lowest BCUT2D eigenvalue weighted by molar-refractivity contribution is -0.154. The Hall–Kier alpha value is -1.99. The first-order valence-corrected chi connectivity index (χ1v) is 6.53. The van der Waals surface area contributed by atoms with Gasteiger partial charge in [0.05, 0.1) is 0 Å². The van der Waals surface area contributed by atoms with E-state index in [1.54, 1.807) is 11.0 Å². The van der Waals surface area contributed by atoms with Gasteiger partial charge in [-0.05, 0) is 25.5 Å². The average molecular weight is 305 g/mol. The number of pyridine rings is 1. The molecule has 0 atom stereocenters. The minimum Gasteiger partial charge on any atom is -0.468 e. The molecule has 2 amide bonds. The molecule has 1 aromatic heterocycles. The molecule has 8 heteroatoms. The molecule has 0 aromatic carbocycles. The molecule has 1 rings (SSSR count). The van der Waals surface area contributed by atoms with E-state index in [2.05, 4.69) is 15.0 Å². The molecule has 0 unspecified atom stereocenters. The molecule has 0 fully saturated rings. The van der Waals surface area contributed by atoms with Gasteiger partial charge in [-0.15, -0.1) is 0 Å². The number of hydrogen-bond acceptors (Lipinski definition) is 3. The van der Waals surface area contributed by atoms with Crippen LogP contribution in [0.2, 0.25) is 0 Å². The van der Waals surface area contributed by atoms with Crippen molar-refractivity contribution in [3.8, 4) is 5.88 Å². The lowest BCUT2D eigenvalue weighted by Gasteiger charge is -2.19. The minimum atomic E-state index is -4.41. The summed E-state index contributed by atoms with van der Waals surface area (Å²) < 4.78 is 40.7. The van der Waals surface area contributed by atoms with E-state index in [4.69, 9.17) is 0 Å². The van der Waals surface area contributed by atoms with Crippen molar-refractivity contribution in [3.63, 3.8) is 0 Å². The standard InChI is InChI=1S/C13H18F3N3O2/c1-3-19(4-2)12(20)18-8-10-5-6-17-11(7-10)21-9-13(14,15)16/h5-7H,3-4,8-9H2,1-2H3,(H,18,20). The van der Waals surface area contributed by atoms with Gasteiger partial charge in [0.25, 0.3) is 0 Å². The smallest absolute Gasteiger partial charge is 0.422 e. The third-order valence-electron chi connectivity index (χ3n) is 2.68. The quantitative estimate of drug-likeness (QED) is 0.879. The van der Waals surface area contributed by atoms with Gasteiger partial charge < -0.3 is 15.0 Å². The minimum absolute atomic E-state index is 0.123. The molecule has 1 heterocycles. The Morgan fingerprint density at radius 2 is 2.05 bits per heavy atom. The first-order valence-electron chi connectivity index (χ1n) is 6.53. The van der Waals surface area contributed by atoms with Crippen molar-refractivity contribution in [3.05, 3.63) is 23.9 Å². The molecule has 0 saturated heterocycles. The number of ether oxygens (including phenoxy) is 1. The Kier molecular flexibility index (Phi) is 6.26. The van der Waals surface area contributed by atoms with Crippen LogP contribution < -0.4 is 10.1 Å². The molecule has 21 heavy (non-hydrogen) atoms. The third-order valence-corrected chi connectivity index (χ3v) is 2.68. The van der Waals surface area contributed by atoms with Crippen molar-refractivity contribution in [2.75, 3.05) is 19.7 Å². The van der Waals surface area contributed by atoms with Crippen LogP contribution in [0.25, 0.3) is 0 Å². The Bertz CT molecular complexity index is 462. The maximum atomic E-state index is 12.0. The lowest BCUT2D eigenvalue weighted by Crippen LogP contribution is -2.39. The van der Waals surface area contributed by atoms with Crippen molar-refractivity contribution >= 4 is 6.03 Å². The average Bonchev–Trinajstić information content (AvgIpc) is 2.44.